The van der Waals surface area contributed by atoms with E-state index in [1.54, 1.807) is 0 Å². The van der Waals surface area contributed by atoms with Gasteiger partial charge in [0, 0.05) is 10.8 Å². The molecule has 0 spiro atoms. The summed E-state index contributed by atoms with van der Waals surface area (Å²) in [6.45, 7) is 0. The van der Waals surface area contributed by atoms with E-state index in [0.29, 0.717) is 0 Å². The number of benzene rings is 2. The van der Waals surface area contributed by atoms with Crippen molar-refractivity contribution >= 4 is 21.8 Å². The molecule has 22 heavy (non-hydrogen) atoms. The Kier molecular flexibility index (Phi) is 3.20. The van der Waals surface area contributed by atoms with Crippen molar-refractivity contribution in [2.24, 2.45) is 0 Å². The minimum atomic E-state index is 0.810. The van der Waals surface area contributed by atoms with Gasteiger partial charge in [-0.2, -0.15) is 20.4 Å². The second-order valence-electron chi connectivity index (χ2n) is 5.29. The highest BCUT2D eigenvalue weighted by molar-refractivity contribution is 5.78. The summed E-state index contributed by atoms with van der Waals surface area (Å²) in [5, 5.41) is 19.3. The summed E-state index contributed by atoms with van der Waals surface area (Å²) in [5.41, 5.74) is 3.82. The first-order valence-corrected chi connectivity index (χ1v) is 7.31. The Hall–Kier alpha value is -2.88. The smallest absolute Gasteiger partial charge is 0.0929 e. The highest BCUT2D eigenvalue weighted by atomic mass is 15.1. The fourth-order valence-corrected chi connectivity index (χ4v) is 2.55. The van der Waals surface area contributed by atoms with Crippen LogP contribution in [0.5, 0.6) is 0 Å². The van der Waals surface area contributed by atoms with Gasteiger partial charge in [0.1, 0.15) is 0 Å². The van der Waals surface area contributed by atoms with Crippen LogP contribution in [0.15, 0.2) is 60.7 Å². The van der Waals surface area contributed by atoms with Crippen molar-refractivity contribution < 1.29 is 0 Å². The van der Waals surface area contributed by atoms with E-state index in [0.717, 1.165) is 46.0 Å². The van der Waals surface area contributed by atoms with Crippen molar-refractivity contribution in [3.05, 3.63) is 72.1 Å². The predicted octanol–water partition coefficient (Wildman–Crippen LogP) is 3.36. The third-order valence-electron chi connectivity index (χ3n) is 3.73. The number of hydrogen-bond acceptors (Lipinski definition) is 4. The van der Waals surface area contributed by atoms with Crippen molar-refractivity contribution in [3.8, 4) is 0 Å². The summed E-state index contributed by atoms with van der Waals surface area (Å²) in [6, 6.07) is 20.2. The van der Waals surface area contributed by atoms with Crippen LogP contribution in [0.25, 0.3) is 21.8 Å². The van der Waals surface area contributed by atoms with Crippen LogP contribution in [0.4, 0.5) is 0 Å². The molecule has 0 fully saturated rings. The molecule has 0 aliphatic heterocycles. The normalized spacial score (nSPS) is 11.1. The molecule has 0 radical (unpaired) electrons. The lowest BCUT2D eigenvalue weighted by molar-refractivity contribution is 0.830. The maximum Gasteiger partial charge on any atom is 0.0929 e. The van der Waals surface area contributed by atoms with Crippen LogP contribution in [-0.2, 0) is 12.8 Å². The molecule has 0 N–H and O–H groups in total. The number of rotatable bonds is 3. The molecule has 0 saturated heterocycles. The summed E-state index contributed by atoms with van der Waals surface area (Å²) in [5.74, 6) is 0. The molecule has 0 amide bonds. The number of aryl methyl sites for hydroxylation is 2. The fourth-order valence-electron chi connectivity index (χ4n) is 2.55. The van der Waals surface area contributed by atoms with E-state index < -0.39 is 0 Å². The van der Waals surface area contributed by atoms with Gasteiger partial charge in [0.2, 0.25) is 0 Å². The quantitative estimate of drug-likeness (QED) is 0.579. The zero-order chi connectivity index (χ0) is 14.8. The van der Waals surface area contributed by atoms with Crippen LogP contribution >= 0.6 is 0 Å². The number of aromatic nitrogens is 4. The Morgan fingerprint density at radius 2 is 1.00 bits per heavy atom. The van der Waals surface area contributed by atoms with E-state index in [4.69, 9.17) is 0 Å². The zero-order valence-electron chi connectivity index (χ0n) is 12.0. The van der Waals surface area contributed by atoms with Crippen LogP contribution in [-0.4, -0.2) is 20.4 Å². The molecule has 0 atom stereocenters. The van der Waals surface area contributed by atoms with Crippen molar-refractivity contribution in [1.29, 1.82) is 0 Å². The van der Waals surface area contributed by atoms with Gasteiger partial charge in [-0.05, 0) is 37.1 Å². The van der Waals surface area contributed by atoms with Gasteiger partial charge in [0.15, 0.2) is 0 Å². The SMILES string of the molecule is c1ccc2nnc(CCc3cc4ccccc4nn3)cc2c1. The van der Waals surface area contributed by atoms with Gasteiger partial charge in [0.05, 0.1) is 22.4 Å². The molecule has 0 aliphatic carbocycles. The van der Waals surface area contributed by atoms with Crippen LogP contribution in [0.3, 0.4) is 0 Å². The predicted molar refractivity (Wildman–Crippen MR) is 86.5 cm³/mol. The van der Waals surface area contributed by atoms with Crippen LogP contribution in [0.2, 0.25) is 0 Å². The molecule has 4 nitrogen and oxygen atoms in total. The average molecular weight is 286 g/mol. The van der Waals surface area contributed by atoms with Crippen LogP contribution < -0.4 is 0 Å². The van der Waals surface area contributed by atoms with Crippen LogP contribution in [0.1, 0.15) is 11.4 Å². The molecule has 106 valence electrons. The first kappa shape index (κ1) is 12.8. The lowest BCUT2D eigenvalue weighted by Crippen LogP contribution is -2.00. The lowest BCUT2D eigenvalue weighted by Gasteiger charge is -2.03. The third kappa shape index (κ3) is 2.51. The molecule has 0 unspecified atom stereocenters. The van der Waals surface area contributed by atoms with Gasteiger partial charge in [-0.25, -0.2) is 0 Å². The number of nitrogens with zero attached hydrogens (tertiary/aromatic N) is 4. The molecule has 2 heterocycles. The molecule has 4 aromatic rings. The minimum Gasteiger partial charge on any atom is -0.155 e. The first-order valence-electron chi connectivity index (χ1n) is 7.31. The van der Waals surface area contributed by atoms with Gasteiger partial charge >= 0.3 is 0 Å². The fraction of sp³-hybridized carbons (Fsp3) is 0.111. The molecule has 2 aromatic carbocycles. The van der Waals surface area contributed by atoms with E-state index in [-0.39, 0.29) is 0 Å². The second-order valence-corrected chi connectivity index (χ2v) is 5.29. The Balaban J connectivity index is 1.57. The topological polar surface area (TPSA) is 51.6 Å². The molecular weight excluding hydrogens is 272 g/mol. The van der Waals surface area contributed by atoms with Crippen molar-refractivity contribution in [1.82, 2.24) is 20.4 Å². The van der Waals surface area contributed by atoms with E-state index in [1.165, 1.54) is 0 Å². The molecule has 4 rings (SSSR count). The highest BCUT2D eigenvalue weighted by Crippen LogP contribution is 2.14. The lowest BCUT2D eigenvalue weighted by atomic mass is 10.1. The van der Waals surface area contributed by atoms with Gasteiger partial charge in [0.25, 0.3) is 0 Å². The average Bonchev–Trinajstić information content (AvgIpc) is 2.59. The summed E-state index contributed by atoms with van der Waals surface area (Å²) in [7, 11) is 0. The Morgan fingerprint density at radius 3 is 1.50 bits per heavy atom. The molecule has 2 aromatic heterocycles. The van der Waals surface area contributed by atoms with Gasteiger partial charge in [-0.1, -0.05) is 36.4 Å². The van der Waals surface area contributed by atoms with E-state index in [1.807, 2.05) is 36.4 Å². The van der Waals surface area contributed by atoms with Gasteiger partial charge < -0.3 is 0 Å². The molecule has 0 aliphatic rings. The standard InChI is InChI=1S/C18H14N4/c1-3-7-17-13(5-1)11-15(19-21-17)9-10-16-12-14-6-2-4-8-18(14)22-20-16/h1-8,11-12H,9-10H2. The van der Waals surface area contributed by atoms with Crippen LogP contribution in [0, 0.1) is 0 Å². The van der Waals surface area contributed by atoms with E-state index in [2.05, 4.69) is 44.7 Å². The van der Waals surface area contributed by atoms with Crippen molar-refractivity contribution in [2.45, 2.75) is 12.8 Å². The van der Waals surface area contributed by atoms with E-state index >= 15 is 0 Å². The minimum absolute atomic E-state index is 0.810. The van der Waals surface area contributed by atoms with Crippen molar-refractivity contribution in [3.63, 3.8) is 0 Å². The van der Waals surface area contributed by atoms with Crippen molar-refractivity contribution in [2.75, 3.05) is 0 Å². The summed E-state index contributed by atoms with van der Waals surface area (Å²) < 4.78 is 0. The summed E-state index contributed by atoms with van der Waals surface area (Å²) in [4.78, 5) is 0. The molecule has 4 heteroatoms. The monoisotopic (exact) mass is 286 g/mol. The zero-order valence-corrected chi connectivity index (χ0v) is 12.0. The first-order chi connectivity index (χ1) is 10.9. The Morgan fingerprint density at radius 1 is 0.545 bits per heavy atom. The summed E-state index contributed by atoms with van der Waals surface area (Å²) >= 11 is 0. The number of hydrogen-bond donors (Lipinski definition) is 0. The van der Waals surface area contributed by atoms with Gasteiger partial charge in [-0.15, -0.1) is 0 Å². The largest absolute Gasteiger partial charge is 0.155 e. The maximum atomic E-state index is 4.29. The molecular formula is C18H14N4. The van der Waals surface area contributed by atoms with Gasteiger partial charge in [-0.3, -0.25) is 0 Å². The van der Waals surface area contributed by atoms with E-state index in [9.17, 15) is 0 Å². The summed E-state index contributed by atoms with van der Waals surface area (Å²) in [6.07, 6.45) is 1.62. The Bertz CT molecular complexity index is 870. The third-order valence-corrected chi connectivity index (χ3v) is 3.73. The highest BCUT2D eigenvalue weighted by Gasteiger charge is 2.03. The molecule has 0 bridgehead atoms. The maximum absolute atomic E-state index is 4.29. The molecule has 0 saturated carbocycles. The second kappa shape index (κ2) is 5.48. The Labute approximate surface area is 127 Å². The number of fused-ring (bicyclic) bond motifs is 2.